The SMILES string of the molecule is CCc1cccc(C)c1NC(=O)/C(C#N)=C\NCCC#N. The molecule has 0 saturated carbocycles. The van der Waals surface area contributed by atoms with Crippen LogP contribution in [0.4, 0.5) is 5.69 Å². The van der Waals surface area contributed by atoms with E-state index in [1.165, 1.54) is 6.20 Å². The predicted molar refractivity (Wildman–Crippen MR) is 81.1 cm³/mol. The topological polar surface area (TPSA) is 88.7 Å². The molecule has 0 radical (unpaired) electrons. The highest BCUT2D eigenvalue weighted by Gasteiger charge is 2.12. The number of nitriles is 2. The number of carbonyl (C=O) groups is 1. The Labute approximate surface area is 124 Å². The van der Waals surface area contributed by atoms with Crippen molar-refractivity contribution in [3.63, 3.8) is 0 Å². The molecule has 0 spiro atoms. The molecule has 0 aromatic heterocycles. The molecule has 5 nitrogen and oxygen atoms in total. The van der Waals surface area contributed by atoms with Crippen LogP contribution >= 0.6 is 0 Å². The Hall–Kier alpha value is -2.79. The van der Waals surface area contributed by atoms with Gasteiger partial charge < -0.3 is 10.6 Å². The molecular weight excluding hydrogens is 264 g/mol. The lowest BCUT2D eigenvalue weighted by atomic mass is 10.1. The Morgan fingerprint density at radius 1 is 1.38 bits per heavy atom. The first-order valence-electron chi connectivity index (χ1n) is 6.74. The van der Waals surface area contributed by atoms with E-state index in [-0.39, 0.29) is 5.57 Å². The summed E-state index contributed by atoms with van der Waals surface area (Å²) in [6.07, 6.45) is 2.45. The van der Waals surface area contributed by atoms with Crippen LogP contribution in [0, 0.1) is 29.6 Å². The molecule has 5 heteroatoms. The molecule has 0 saturated heterocycles. The van der Waals surface area contributed by atoms with Gasteiger partial charge in [-0.05, 0) is 24.5 Å². The van der Waals surface area contributed by atoms with Gasteiger partial charge in [-0.3, -0.25) is 4.79 Å². The van der Waals surface area contributed by atoms with E-state index in [0.717, 1.165) is 23.2 Å². The summed E-state index contributed by atoms with van der Waals surface area (Å²) in [5.74, 6) is -0.453. The summed E-state index contributed by atoms with van der Waals surface area (Å²) in [7, 11) is 0. The smallest absolute Gasteiger partial charge is 0.267 e. The van der Waals surface area contributed by atoms with E-state index in [2.05, 4.69) is 10.6 Å². The van der Waals surface area contributed by atoms with Gasteiger partial charge in [0.1, 0.15) is 11.6 Å². The number of rotatable bonds is 6. The first-order chi connectivity index (χ1) is 10.1. The lowest BCUT2D eigenvalue weighted by Gasteiger charge is -2.12. The minimum absolute atomic E-state index is 0.0155. The quantitative estimate of drug-likeness (QED) is 0.476. The fourth-order valence-electron chi connectivity index (χ4n) is 1.83. The second kappa shape index (κ2) is 8.39. The molecule has 0 atom stereocenters. The van der Waals surface area contributed by atoms with Crippen LogP contribution in [0.5, 0.6) is 0 Å². The summed E-state index contributed by atoms with van der Waals surface area (Å²) in [5.41, 5.74) is 2.72. The van der Waals surface area contributed by atoms with Gasteiger partial charge in [0.2, 0.25) is 0 Å². The fraction of sp³-hybridized carbons (Fsp3) is 0.312. The van der Waals surface area contributed by atoms with E-state index >= 15 is 0 Å². The average Bonchev–Trinajstić information content (AvgIpc) is 2.49. The molecule has 2 N–H and O–H groups in total. The van der Waals surface area contributed by atoms with Crippen molar-refractivity contribution in [2.45, 2.75) is 26.7 Å². The largest absolute Gasteiger partial charge is 0.389 e. The third kappa shape index (κ3) is 4.67. The molecule has 0 aliphatic rings. The van der Waals surface area contributed by atoms with E-state index < -0.39 is 5.91 Å². The zero-order valence-electron chi connectivity index (χ0n) is 12.2. The normalized spacial score (nSPS) is 10.4. The molecule has 1 amide bonds. The van der Waals surface area contributed by atoms with Crippen molar-refractivity contribution in [1.29, 1.82) is 10.5 Å². The Kier molecular flexibility index (Phi) is 6.50. The van der Waals surface area contributed by atoms with Crippen molar-refractivity contribution in [2.75, 3.05) is 11.9 Å². The van der Waals surface area contributed by atoms with Crippen molar-refractivity contribution < 1.29 is 4.79 Å². The van der Waals surface area contributed by atoms with Gasteiger partial charge in [-0.15, -0.1) is 0 Å². The maximum Gasteiger partial charge on any atom is 0.267 e. The van der Waals surface area contributed by atoms with Crippen LogP contribution in [0.1, 0.15) is 24.5 Å². The molecule has 0 aliphatic heterocycles. The summed E-state index contributed by atoms with van der Waals surface area (Å²) >= 11 is 0. The highest BCUT2D eigenvalue weighted by atomic mass is 16.1. The minimum Gasteiger partial charge on any atom is -0.389 e. The molecule has 108 valence electrons. The van der Waals surface area contributed by atoms with Crippen molar-refractivity contribution in [3.05, 3.63) is 41.1 Å². The van der Waals surface area contributed by atoms with Crippen LogP contribution in [0.3, 0.4) is 0 Å². The molecule has 0 aliphatic carbocycles. The first kappa shape index (κ1) is 16.3. The van der Waals surface area contributed by atoms with Gasteiger partial charge in [-0.25, -0.2) is 0 Å². The molecule has 0 heterocycles. The van der Waals surface area contributed by atoms with Gasteiger partial charge in [0, 0.05) is 18.4 Å². The number of benzene rings is 1. The second-order valence-corrected chi connectivity index (χ2v) is 4.45. The maximum absolute atomic E-state index is 12.1. The van der Waals surface area contributed by atoms with Gasteiger partial charge >= 0.3 is 0 Å². The Balaban J connectivity index is 2.85. The third-order valence-corrected chi connectivity index (χ3v) is 2.97. The maximum atomic E-state index is 12.1. The van der Waals surface area contributed by atoms with Crippen LogP contribution in [-0.2, 0) is 11.2 Å². The minimum atomic E-state index is -0.453. The number of hydrogen-bond donors (Lipinski definition) is 2. The standard InChI is InChI=1S/C16H18N4O/c1-3-13-7-4-6-12(2)15(13)20-16(21)14(10-18)11-19-9-5-8-17/h4,6-7,11,19H,3,5,9H2,1-2H3,(H,20,21)/b14-11-. The summed E-state index contributed by atoms with van der Waals surface area (Å²) < 4.78 is 0. The zero-order valence-corrected chi connectivity index (χ0v) is 12.2. The molecule has 1 rings (SSSR count). The van der Waals surface area contributed by atoms with Crippen LogP contribution in [0.15, 0.2) is 30.0 Å². The van der Waals surface area contributed by atoms with Gasteiger partial charge in [-0.1, -0.05) is 25.1 Å². The number of hydrogen-bond acceptors (Lipinski definition) is 4. The number of para-hydroxylation sites is 1. The van der Waals surface area contributed by atoms with Gasteiger partial charge in [0.05, 0.1) is 12.5 Å². The number of nitrogens with zero attached hydrogens (tertiary/aromatic N) is 2. The molecule has 21 heavy (non-hydrogen) atoms. The lowest BCUT2D eigenvalue weighted by Crippen LogP contribution is -2.18. The first-order valence-corrected chi connectivity index (χ1v) is 6.74. The van der Waals surface area contributed by atoms with E-state index in [1.54, 1.807) is 0 Å². The Morgan fingerprint density at radius 3 is 2.76 bits per heavy atom. The van der Waals surface area contributed by atoms with Crippen LogP contribution in [-0.4, -0.2) is 12.5 Å². The van der Waals surface area contributed by atoms with Crippen molar-refractivity contribution in [3.8, 4) is 12.1 Å². The number of nitrogens with one attached hydrogen (secondary N) is 2. The number of carbonyl (C=O) groups excluding carboxylic acids is 1. The van der Waals surface area contributed by atoms with E-state index in [0.29, 0.717) is 13.0 Å². The molecule has 0 unspecified atom stereocenters. The van der Waals surface area contributed by atoms with Crippen LogP contribution in [0.2, 0.25) is 0 Å². The lowest BCUT2D eigenvalue weighted by molar-refractivity contribution is -0.112. The average molecular weight is 282 g/mol. The number of aryl methyl sites for hydroxylation is 2. The fourth-order valence-corrected chi connectivity index (χ4v) is 1.83. The van der Waals surface area contributed by atoms with Gasteiger partial charge in [0.25, 0.3) is 5.91 Å². The van der Waals surface area contributed by atoms with E-state index in [1.807, 2.05) is 44.2 Å². The summed E-state index contributed by atoms with van der Waals surface area (Å²) in [6.45, 7) is 4.32. The Morgan fingerprint density at radius 2 is 2.14 bits per heavy atom. The summed E-state index contributed by atoms with van der Waals surface area (Å²) in [6, 6.07) is 9.63. The van der Waals surface area contributed by atoms with Gasteiger partial charge in [0.15, 0.2) is 0 Å². The van der Waals surface area contributed by atoms with Gasteiger partial charge in [-0.2, -0.15) is 10.5 Å². The van der Waals surface area contributed by atoms with Crippen LogP contribution < -0.4 is 10.6 Å². The monoisotopic (exact) mass is 282 g/mol. The van der Waals surface area contributed by atoms with E-state index in [4.69, 9.17) is 10.5 Å². The molecule has 1 aromatic carbocycles. The highest BCUT2D eigenvalue weighted by Crippen LogP contribution is 2.21. The molecule has 0 fully saturated rings. The predicted octanol–water partition coefficient (Wildman–Crippen LogP) is 2.41. The second-order valence-electron chi connectivity index (χ2n) is 4.45. The summed E-state index contributed by atoms with van der Waals surface area (Å²) in [4.78, 5) is 12.1. The Bertz CT molecular complexity index is 620. The zero-order chi connectivity index (χ0) is 15.7. The summed E-state index contributed by atoms with van der Waals surface area (Å²) in [5, 5.41) is 23.0. The number of anilines is 1. The van der Waals surface area contributed by atoms with Crippen molar-refractivity contribution in [2.24, 2.45) is 0 Å². The number of amides is 1. The molecule has 1 aromatic rings. The van der Waals surface area contributed by atoms with Crippen molar-refractivity contribution >= 4 is 11.6 Å². The van der Waals surface area contributed by atoms with Crippen molar-refractivity contribution in [1.82, 2.24) is 5.32 Å². The van der Waals surface area contributed by atoms with E-state index in [9.17, 15) is 4.79 Å². The van der Waals surface area contributed by atoms with Crippen LogP contribution in [0.25, 0.3) is 0 Å². The highest BCUT2D eigenvalue weighted by molar-refractivity contribution is 6.07. The molecule has 0 bridgehead atoms. The molecular formula is C16H18N4O. The third-order valence-electron chi connectivity index (χ3n) is 2.97.